The molecule has 104 valence electrons. The fraction of sp³-hybridized carbons (Fsp3) is 0.231. The standard InChI is InChI=1S/C13H13N3O4/c1-2-15-13(19)16-11(17)8-20-12(18)10-5-3-9(7-14)4-6-10/h3-6H,2,8H2,1H3,(H2,15,16,17,19). The number of nitrogens with one attached hydrogen (secondary N) is 2. The van der Waals surface area contributed by atoms with Crippen molar-refractivity contribution in [1.29, 1.82) is 5.26 Å². The van der Waals surface area contributed by atoms with E-state index in [0.29, 0.717) is 12.1 Å². The van der Waals surface area contributed by atoms with E-state index in [1.54, 1.807) is 6.92 Å². The van der Waals surface area contributed by atoms with Gasteiger partial charge in [0.05, 0.1) is 17.2 Å². The van der Waals surface area contributed by atoms with Crippen LogP contribution in [0.1, 0.15) is 22.8 Å². The van der Waals surface area contributed by atoms with Gasteiger partial charge < -0.3 is 10.1 Å². The van der Waals surface area contributed by atoms with Gasteiger partial charge in [-0.1, -0.05) is 0 Å². The third-order valence-electron chi connectivity index (χ3n) is 2.17. The number of carbonyl (C=O) groups excluding carboxylic acids is 3. The fourth-order valence-electron chi connectivity index (χ4n) is 1.26. The van der Waals surface area contributed by atoms with Gasteiger partial charge in [-0.25, -0.2) is 9.59 Å². The third kappa shape index (κ3) is 4.78. The number of benzene rings is 1. The van der Waals surface area contributed by atoms with Crippen LogP contribution in [-0.4, -0.2) is 31.1 Å². The van der Waals surface area contributed by atoms with Crippen molar-refractivity contribution >= 4 is 17.9 Å². The van der Waals surface area contributed by atoms with Crippen LogP contribution in [-0.2, 0) is 9.53 Å². The molecule has 1 aromatic rings. The summed E-state index contributed by atoms with van der Waals surface area (Å²) in [4.78, 5) is 33.9. The van der Waals surface area contributed by atoms with E-state index in [-0.39, 0.29) is 5.56 Å². The molecule has 2 N–H and O–H groups in total. The van der Waals surface area contributed by atoms with Gasteiger partial charge in [-0.05, 0) is 31.2 Å². The number of nitriles is 1. The second kappa shape index (κ2) is 7.53. The van der Waals surface area contributed by atoms with Gasteiger partial charge in [0.2, 0.25) is 0 Å². The molecule has 0 spiro atoms. The summed E-state index contributed by atoms with van der Waals surface area (Å²) in [6.45, 7) is 1.52. The summed E-state index contributed by atoms with van der Waals surface area (Å²) >= 11 is 0. The highest BCUT2D eigenvalue weighted by molar-refractivity contribution is 5.97. The highest BCUT2D eigenvalue weighted by atomic mass is 16.5. The molecule has 0 atom stereocenters. The van der Waals surface area contributed by atoms with E-state index in [2.05, 4.69) is 5.32 Å². The smallest absolute Gasteiger partial charge is 0.338 e. The van der Waals surface area contributed by atoms with Crippen LogP contribution in [0.2, 0.25) is 0 Å². The number of ether oxygens (including phenoxy) is 1. The molecule has 20 heavy (non-hydrogen) atoms. The van der Waals surface area contributed by atoms with E-state index in [4.69, 9.17) is 10.00 Å². The number of amides is 3. The summed E-state index contributed by atoms with van der Waals surface area (Å²) in [5.41, 5.74) is 0.630. The Kier molecular flexibility index (Phi) is 5.72. The molecule has 7 heteroatoms. The number of urea groups is 1. The highest BCUT2D eigenvalue weighted by Crippen LogP contribution is 2.04. The van der Waals surface area contributed by atoms with E-state index in [0.717, 1.165) is 0 Å². The Morgan fingerprint density at radius 2 is 1.90 bits per heavy atom. The van der Waals surface area contributed by atoms with Crippen molar-refractivity contribution in [1.82, 2.24) is 10.6 Å². The number of rotatable bonds is 4. The van der Waals surface area contributed by atoms with Gasteiger partial charge >= 0.3 is 12.0 Å². The molecule has 0 saturated heterocycles. The van der Waals surface area contributed by atoms with E-state index in [1.165, 1.54) is 24.3 Å². The number of nitrogens with zero attached hydrogens (tertiary/aromatic N) is 1. The lowest BCUT2D eigenvalue weighted by Crippen LogP contribution is -2.41. The minimum absolute atomic E-state index is 0.217. The first kappa shape index (κ1) is 15.2. The molecular weight excluding hydrogens is 262 g/mol. The Morgan fingerprint density at radius 3 is 2.45 bits per heavy atom. The fourth-order valence-corrected chi connectivity index (χ4v) is 1.26. The second-order valence-electron chi connectivity index (χ2n) is 3.67. The Hall–Kier alpha value is -2.88. The molecule has 0 fully saturated rings. The van der Waals surface area contributed by atoms with Crippen molar-refractivity contribution in [2.45, 2.75) is 6.92 Å². The molecule has 0 saturated carbocycles. The van der Waals surface area contributed by atoms with Gasteiger partial charge in [0.1, 0.15) is 0 Å². The normalized spacial score (nSPS) is 9.20. The third-order valence-corrected chi connectivity index (χ3v) is 2.17. The molecule has 3 amide bonds. The molecule has 0 radical (unpaired) electrons. The van der Waals surface area contributed by atoms with Gasteiger partial charge in [-0.15, -0.1) is 0 Å². The van der Waals surface area contributed by atoms with Gasteiger partial charge in [-0.3, -0.25) is 10.1 Å². The van der Waals surface area contributed by atoms with Crippen LogP contribution in [0.15, 0.2) is 24.3 Å². The largest absolute Gasteiger partial charge is 0.452 e. The minimum Gasteiger partial charge on any atom is -0.452 e. The van der Waals surface area contributed by atoms with Crippen molar-refractivity contribution < 1.29 is 19.1 Å². The maximum absolute atomic E-state index is 11.6. The number of imide groups is 1. The highest BCUT2D eigenvalue weighted by Gasteiger charge is 2.11. The molecular formula is C13H13N3O4. The Morgan fingerprint density at radius 1 is 1.25 bits per heavy atom. The Labute approximate surface area is 115 Å². The first-order valence-corrected chi connectivity index (χ1v) is 5.81. The first-order chi connectivity index (χ1) is 9.56. The summed E-state index contributed by atoms with van der Waals surface area (Å²) in [6.07, 6.45) is 0. The number of carbonyl (C=O) groups is 3. The van der Waals surface area contributed by atoms with Gasteiger partial charge in [0.15, 0.2) is 6.61 Å². The van der Waals surface area contributed by atoms with Gasteiger partial charge in [0, 0.05) is 6.54 Å². The van der Waals surface area contributed by atoms with E-state index < -0.39 is 24.5 Å². The number of hydrogen-bond acceptors (Lipinski definition) is 5. The van der Waals surface area contributed by atoms with E-state index in [9.17, 15) is 14.4 Å². The maximum atomic E-state index is 11.6. The Balaban J connectivity index is 2.44. The maximum Gasteiger partial charge on any atom is 0.338 e. The molecule has 0 aliphatic heterocycles. The molecule has 1 aromatic carbocycles. The molecule has 0 aliphatic rings. The molecule has 0 aliphatic carbocycles. The minimum atomic E-state index is -0.724. The molecule has 1 rings (SSSR count). The van der Waals surface area contributed by atoms with Crippen LogP contribution in [0.3, 0.4) is 0 Å². The summed E-state index contributed by atoms with van der Waals surface area (Å²) < 4.78 is 4.73. The summed E-state index contributed by atoms with van der Waals surface area (Å²) in [6, 6.07) is 7.04. The molecule has 0 unspecified atom stereocenters. The lowest BCUT2D eigenvalue weighted by Gasteiger charge is -2.06. The van der Waals surface area contributed by atoms with Crippen molar-refractivity contribution in [2.24, 2.45) is 0 Å². The van der Waals surface area contributed by atoms with E-state index >= 15 is 0 Å². The lowest BCUT2D eigenvalue weighted by atomic mass is 10.1. The van der Waals surface area contributed by atoms with Crippen LogP contribution in [0, 0.1) is 11.3 Å². The number of hydrogen-bond donors (Lipinski definition) is 2. The lowest BCUT2D eigenvalue weighted by molar-refractivity contribution is -0.123. The van der Waals surface area contributed by atoms with Crippen LogP contribution in [0.4, 0.5) is 4.79 Å². The zero-order valence-corrected chi connectivity index (χ0v) is 10.8. The zero-order valence-electron chi connectivity index (χ0n) is 10.8. The SMILES string of the molecule is CCNC(=O)NC(=O)COC(=O)c1ccc(C#N)cc1. The topological polar surface area (TPSA) is 108 Å². The average molecular weight is 275 g/mol. The van der Waals surface area contributed by atoms with Crippen LogP contribution in [0.5, 0.6) is 0 Å². The molecule has 0 aromatic heterocycles. The predicted octanol–water partition coefficient (Wildman–Crippen LogP) is 0.561. The molecule has 0 bridgehead atoms. The van der Waals surface area contributed by atoms with Crippen molar-refractivity contribution in [3.05, 3.63) is 35.4 Å². The van der Waals surface area contributed by atoms with Gasteiger partial charge in [0.25, 0.3) is 5.91 Å². The Bertz CT molecular complexity index is 546. The summed E-state index contributed by atoms with van der Waals surface area (Å²) in [5.74, 6) is -1.43. The summed E-state index contributed by atoms with van der Waals surface area (Å²) in [5, 5.41) is 13.0. The average Bonchev–Trinajstić information content (AvgIpc) is 2.45. The quantitative estimate of drug-likeness (QED) is 0.780. The number of esters is 1. The molecule has 0 heterocycles. The monoisotopic (exact) mass is 275 g/mol. The molecule has 7 nitrogen and oxygen atoms in total. The van der Waals surface area contributed by atoms with Crippen LogP contribution < -0.4 is 10.6 Å². The summed E-state index contributed by atoms with van der Waals surface area (Å²) in [7, 11) is 0. The second-order valence-corrected chi connectivity index (χ2v) is 3.67. The predicted molar refractivity (Wildman–Crippen MR) is 68.7 cm³/mol. The first-order valence-electron chi connectivity index (χ1n) is 5.81. The van der Waals surface area contributed by atoms with E-state index in [1.807, 2.05) is 11.4 Å². The van der Waals surface area contributed by atoms with Crippen LogP contribution in [0.25, 0.3) is 0 Å². The zero-order chi connectivity index (χ0) is 15.0. The van der Waals surface area contributed by atoms with Crippen LogP contribution >= 0.6 is 0 Å². The van der Waals surface area contributed by atoms with Crippen molar-refractivity contribution in [3.63, 3.8) is 0 Å². The van der Waals surface area contributed by atoms with Crippen molar-refractivity contribution in [3.8, 4) is 6.07 Å². The van der Waals surface area contributed by atoms with Crippen molar-refractivity contribution in [2.75, 3.05) is 13.2 Å². The van der Waals surface area contributed by atoms with Gasteiger partial charge in [-0.2, -0.15) is 5.26 Å².